The summed E-state index contributed by atoms with van der Waals surface area (Å²) in [5.74, 6) is 0.667. The van der Waals surface area contributed by atoms with Crippen LogP contribution >= 0.6 is 0 Å². The highest BCUT2D eigenvalue weighted by Gasteiger charge is 2.08. The van der Waals surface area contributed by atoms with E-state index in [-0.39, 0.29) is 5.82 Å². The summed E-state index contributed by atoms with van der Waals surface area (Å²) < 4.78 is 13.0. The molecule has 0 atom stereocenters. The molecule has 1 aromatic heterocycles. The zero-order chi connectivity index (χ0) is 13.7. The minimum Gasteiger partial charge on any atom is -0.373 e. The van der Waals surface area contributed by atoms with E-state index in [9.17, 15) is 4.39 Å². The molecule has 2 aromatic rings. The second-order valence-corrected chi connectivity index (χ2v) is 4.25. The van der Waals surface area contributed by atoms with Gasteiger partial charge in [0.25, 0.3) is 0 Å². The number of benzene rings is 1. The normalized spacial score (nSPS) is 10.3. The molecule has 1 aromatic carbocycles. The molecule has 0 spiro atoms. The molecule has 19 heavy (non-hydrogen) atoms. The van der Waals surface area contributed by atoms with E-state index in [1.54, 1.807) is 18.3 Å². The zero-order valence-corrected chi connectivity index (χ0v) is 11.2. The van der Waals surface area contributed by atoms with E-state index in [0.29, 0.717) is 0 Å². The highest BCUT2D eigenvalue weighted by Crippen LogP contribution is 2.20. The van der Waals surface area contributed by atoms with Crippen molar-refractivity contribution < 1.29 is 4.39 Å². The van der Waals surface area contributed by atoms with Crippen molar-refractivity contribution >= 4 is 11.5 Å². The standard InChI is InChI=1S/C15H18FN3/c1-3-19(14-8-6-13(16)7-9-14)11-12-5-4-10-18-15(12)17-2/h4-10H,3,11H2,1-2H3,(H,17,18). The fraction of sp³-hybridized carbons (Fsp3) is 0.267. The molecule has 0 aliphatic heterocycles. The van der Waals surface area contributed by atoms with Gasteiger partial charge in [0.2, 0.25) is 0 Å². The lowest BCUT2D eigenvalue weighted by Gasteiger charge is -2.24. The van der Waals surface area contributed by atoms with Gasteiger partial charge < -0.3 is 10.2 Å². The number of nitrogens with zero attached hydrogens (tertiary/aromatic N) is 2. The SMILES string of the molecule is CCN(Cc1cccnc1NC)c1ccc(F)cc1. The Morgan fingerprint density at radius 1 is 1.21 bits per heavy atom. The minimum absolute atomic E-state index is 0.211. The van der Waals surface area contributed by atoms with Gasteiger partial charge in [-0.3, -0.25) is 0 Å². The topological polar surface area (TPSA) is 28.2 Å². The molecule has 0 fully saturated rings. The highest BCUT2D eigenvalue weighted by atomic mass is 19.1. The number of anilines is 2. The van der Waals surface area contributed by atoms with Crippen molar-refractivity contribution in [3.05, 3.63) is 54.0 Å². The Labute approximate surface area is 113 Å². The molecule has 0 amide bonds. The summed E-state index contributed by atoms with van der Waals surface area (Å²) >= 11 is 0. The van der Waals surface area contributed by atoms with Crippen molar-refractivity contribution in [2.24, 2.45) is 0 Å². The molecule has 0 aliphatic rings. The molecular formula is C15H18FN3. The van der Waals surface area contributed by atoms with Gasteiger partial charge in [-0.1, -0.05) is 6.07 Å². The molecular weight excluding hydrogens is 241 g/mol. The summed E-state index contributed by atoms with van der Waals surface area (Å²) in [5.41, 5.74) is 2.13. The van der Waals surface area contributed by atoms with Crippen LogP contribution in [0.25, 0.3) is 0 Å². The van der Waals surface area contributed by atoms with Gasteiger partial charge in [-0.2, -0.15) is 0 Å². The van der Waals surface area contributed by atoms with Crippen molar-refractivity contribution in [2.45, 2.75) is 13.5 Å². The van der Waals surface area contributed by atoms with Crippen LogP contribution < -0.4 is 10.2 Å². The molecule has 0 saturated carbocycles. The number of rotatable bonds is 5. The van der Waals surface area contributed by atoms with Crippen LogP contribution in [0.3, 0.4) is 0 Å². The van der Waals surface area contributed by atoms with E-state index in [0.717, 1.165) is 30.2 Å². The van der Waals surface area contributed by atoms with E-state index in [1.807, 2.05) is 19.2 Å². The Morgan fingerprint density at radius 2 is 1.95 bits per heavy atom. The smallest absolute Gasteiger partial charge is 0.130 e. The van der Waals surface area contributed by atoms with Gasteiger partial charge in [0, 0.05) is 37.6 Å². The Hall–Kier alpha value is -2.10. The van der Waals surface area contributed by atoms with Crippen LogP contribution in [0.5, 0.6) is 0 Å². The van der Waals surface area contributed by atoms with E-state index in [1.165, 1.54) is 12.1 Å². The molecule has 0 aliphatic carbocycles. The molecule has 0 unspecified atom stereocenters. The number of nitrogens with one attached hydrogen (secondary N) is 1. The number of hydrogen-bond donors (Lipinski definition) is 1. The number of hydrogen-bond acceptors (Lipinski definition) is 3. The Morgan fingerprint density at radius 3 is 2.58 bits per heavy atom. The molecule has 3 nitrogen and oxygen atoms in total. The summed E-state index contributed by atoms with van der Waals surface area (Å²) in [6, 6.07) is 10.5. The number of aromatic nitrogens is 1. The Balaban J connectivity index is 2.21. The molecule has 4 heteroatoms. The van der Waals surface area contributed by atoms with Crippen molar-refractivity contribution in [3.8, 4) is 0 Å². The zero-order valence-electron chi connectivity index (χ0n) is 11.2. The maximum atomic E-state index is 13.0. The van der Waals surface area contributed by atoms with E-state index < -0.39 is 0 Å². The van der Waals surface area contributed by atoms with Crippen LogP contribution in [0.1, 0.15) is 12.5 Å². The lowest BCUT2D eigenvalue weighted by molar-refractivity contribution is 0.627. The lowest BCUT2D eigenvalue weighted by Crippen LogP contribution is -2.22. The fourth-order valence-corrected chi connectivity index (χ4v) is 2.03. The van der Waals surface area contributed by atoms with Crippen LogP contribution in [-0.2, 0) is 6.54 Å². The van der Waals surface area contributed by atoms with Crippen molar-refractivity contribution in [1.29, 1.82) is 0 Å². The van der Waals surface area contributed by atoms with Gasteiger partial charge in [-0.15, -0.1) is 0 Å². The van der Waals surface area contributed by atoms with Crippen LogP contribution in [0.2, 0.25) is 0 Å². The average Bonchev–Trinajstić information content (AvgIpc) is 2.46. The maximum Gasteiger partial charge on any atom is 0.130 e. The second kappa shape index (κ2) is 6.18. The first kappa shape index (κ1) is 13.3. The van der Waals surface area contributed by atoms with E-state index >= 15 is 0 Å². The fourth-order valence-electron chi connectivity index (χ4n) is 2.03. The predicted molar refractivity (Wildman–Crippen MR) is 76.9 cm³/mol. The number of halogens is 1. The average molecular weight is 259 g/mol. The summed E-state index contributed by atoms with van der Waals surface area (Å²) in [4.78, 5) is 6.47. The minimum atomic E-state index is -0.211. The molecule has 0 saturated heterocycles. The summed E-state index contributed by atoms with van der Waals surface area (Å²) in [6.45, 7) is 3.68. The van der Waals surface area contributed by atoms with Gasteiger partial charge in [-0.05, 0) is 37.3 Å². The van der Waals surface area contributed by atoms with Crippen molar-refractivity contribution in [3.63, 3.8) is 0 Å². The molecule has 2 rings (SSSR count). The van der Waals surface area contributed by atoms with Gasteiger partial charge >= 0.3 is 0 Å². The third-order valence-electron chi connectivity index (χ3n) is 3.06. The van der Waals surface area contributed by atoms with Crippen LogP contribution in [0.4, 0.5) is 15.9 Å². The largest absolute Gasteiger partial charge is 0.373 e. The van der Waals surface area contributed by atoms with Crippen LogP contribution in [0.15, 0.2) is 42.6 Å². The molecule has 100 valence electrons. The molecule has 1 N–H and O–H groups in total. The lowest BCUT2D eigenvalue weighted by atomic mass is 10.2. The monoisotopic (exact) mass is 259 g/mol. The highest BCUT2D eigenvalue weighted by molar-refractivity contribution is 5.50. The summed E-state index contributed by atoms with van der Waals surface area (Å²) in [7, 11) is 1.86. The first-order chi connectivity index (χ1) is 9.24. The first-order valence-corrected chi connectivity index (χ1v) is 6.36. The van der Waals surface area contributed by atoms with E-state index in [2.05, 4.69) is 22.1 Å². The quantitative estimate of drug-likeness (QED) is 0.893. The maximum absolute atomic E-state index is 13.0. The van der Waals surface area contributed by atoms with Crippen molar-refractivity contribution in [1.82, 2.24) is 4.98 Å². The van der Waals surface area contributed by atoms with E-state index in [4.69, 9.17) is 0 Å². The molecule has 0 radical (unpaired) electrons. The van der Waals surface area contributed by atoms with Gasteiger partial charge in [0.05, 0.1) is 0 Å². The Bertz CT molecular complexity index is 525. The number of pyridine rings is 1. The van der Waals surface area contributed by atoms with Crippen molar-refractivity contribution in [2.75, 3.05) is 23.8 Å². The predicted octanol–water partition coefficient (Wildman–Crippen LogP) is 3.29. The summed E-state index contributed by atoms with van der Waals surface area (Å²) in [6.07, 6.45) is 1.77. The van der Waals surface area contributed by atoms with Gasteiger partial charge in [-0.25, -0.2) is 9.37 Å². The molecule has 0 bridgehead atoms. The first-order valence-electron chi connectivity index (χ1n) is 6.36. The molecule has 1 heterocycles. The van der Waals surface area contributed by atoms with Crippen LogP contribution in [0, 0.1) is 5.82 Å². The van der Waals surface area contributed by atoms with Crippen LogP contribution in [-0.4, -0.2) is 18.6 Å². The third-order valence-corrected chi connectivity index (χ3v) is 3.06. The second-order valence-electron chi connectivity index (χ2n) is 4.25. The summed E-state index contributed by atoms with van der Waals surface area (Å²) in [5, 5.41) is 3.09. The third kappa shape index (κ3) is 3.22. The Kier molecular flexibility index (Phi) is 4.34. The van der Waals surface area contributed by atoms with Gasteiger partial charge in [0.15, 0.2) is 0 Å². The van der Waals surface area contributed by atoms with Gasteiger partial charge in [0.1, 0.15) is 11.6 Å².